The number of aliphatic carboxylic acids is 1. The predicted molar refractivity (Wildman–Crippen MR) is 80.9 cm³/mol. The average molecular weight is 303 g/mol. The number of likely N-dealkylation sites (tertiary alicyclic amines) is 1. The van der Waals surface area contributed by atoms with Crippen molar-refractivity contribution < 1.29 is 14.7 Å². The van der Waals surface area contributed by atoms with Crippen LogP contribution in [0.3, 0.4) is 0 Å². The molecule has 1 aromatic heterocycles. The third kappa shape index (κ3) is 2.65. The van der Waals surface area contributed by atoms with E-state index in [2.05, 4.69) is 5.10 Å². The minimum Gasteiger partial charge on any atom is -0.480 e. The summed E-state index contributed by atoms with van der Waals surface area (Å²) in [7, 11) is 1.80. The predicted octanol–water partition coefficient (Wildman–Crippen LogP) is 1.68. The summed E-state index contributed by atoms with van der Waals surface area (Å²) in [5, 5.41) is 13.5. The molecular formula is C16H21N3O3. The summed E-state index contributed by atoms with van der Waals surface area (Å²) >= 11 is 0. The van der Waals surface area contributed by atoms with Crippen LogP contribution in [0.15, 0.2) is 18.3 Å². The van der Waals surface area contributed by atoms with Gasteiger partial charge in [-0.1, -0.05) is 12.8 Å². The molecule has 6 heteroatoms. The van der Waals surface area contributed by atoms with Crippen molar-refractivity contribution in [2.45, 2.75) is 44.2 Å². The van der Waals surface area contributed by atoms with Gasteiger partial charge in [-0.3, -0.25) is 9.48 Å². The molecule has 1 aromatic rings. The molecule has 2 heterocycles. The van der Waals surface area contributed by atoms with Crippen molar-refractivity contribution in [3.8, 4) is 0 Å². The smallest absolute Gasteiger partial charge is 0.326 e. The van der Waals surface area contributed by atoms with Crippen LogP contribution < -0.4 is 0 Å². The average Bonchev–Trinajstić information content (AvgIpc) is 3.08. The number of amides is 1. The Balaban J connectivity index is 1.80. The molecule has 2 fully saturated rings. The van der Waals surface area contributed by atoms with Gasteiger partial charge in [0.25, 0.3) is 0 Å². The summed E-state index contributed by atoms with van der Waals surface area (Å²) in [5.41, 5.74) is 0.819. The number of aromatic nitrogens is 2. The molecule has 0 spiro atoms. The second-order valence-corrected chi connectivity index (χ2v) is 6.16. The number of hydrogen-bond acceptors (Lipinski definition) is 3. The summed E-state index contributed by atoms with van der Waals surface area (Å²) in [6.07, 6.45) is 9.59. The number of hydrogen-bond donors (Lipinski definition) is 1. The molecule has 0 aromatic carbocycles. The third-order valence-electron chi connectivity index (χ3n) is 4.88. The van der Waals surface area contributed by atoms with Crippen LogP contribution in [-0.4, -0.2) is 43.7 Å². The molecule has 6 nitrogen and oxygen atoms in total. The van der Waals surface area contributed by atoms with Crippen LogP contribution in [0.25, 0.3) is 6.08 Å². The maximum atomic E-state index is 12.6. The zero-order valence-electron chi connectivity index (χ0n) is 12.7. The molecule has 118 valence electrons. The Hall–Kier alpha value is -2.11. The fraction of sp³-hybridized carbons (Fsp3) is 0.562. The normalized spacial score (nSPS) is 28.0. The highest BCUT2D eigenvalue weighted by Gasteiger charge is 2.46. The van der Waals surface area contributed by atoms with Gasteiger partial charge in [-0.25, -0.2) is 4.79 Å². The van der Waals surface area contributed by atoms with Crippen LogP contribution in [0.2, 0.25) is 0 Å². The van der Waals surface area contributed by atoms with Crippen molar-refractivity contribution in [2.75, 3.05) is 0 Å². The molecule has 0 radical (unpaired) electrons. The van der Waals surface area contributed by atoms with Gasteiger partial charge in [0.15, 0.2) is 0 Å². The van der Waals surface area contributed by atoms with Crippen LogP contribution in [-0.2, 0) is 16.6 Å². The second kappa shape index (κ2) is 5.94. The molecule has 3 rings (SSSR count). The molecular weight excluding hydrogens is 282 g/mol. The van der Waals surface area contributed by atoms with Gasteiger partial charge in [-0.05, 0) is 37.3 Å². The van der Waals surface area contributed by atoms with Crippen LogP contribution in [0.4, 0.5) is 0 Å². The van der Waals surface area contributed by atoms with E-state index in [0.29, 0.717) is 12.3 Å². The molecule has 3 unspecified atom stereocenters. The highest BCUT2D eigenvalue weighted by atomic mass is 16.4. The molecule has 3 atom stereocenters. The van der Waals surface area contributed by atoms with Crippen molar-refractivity contribution in [3.63, 3.8) is 0 Å². The van der Waals surface area contributed by atoms with E-state index in [-0.39, 0.29) is 11.9 Å². The van der Waals surface area contributed by atoms with Gasteiger partial charge in [0.05, 0.1) is 5.69 Å². The van der Waals surface area contributed by atoms with Crippen LogP contribution in [0.1, 0.15) is 37.8 Å². The summed E-state index contributed by atoms with van der Waals surface area (Å²) in [4.78, 5) is 25.7. The zero-order chi connectivity index (χ0) is 15.7. The maximum Gasteiger partial charge on any atom is 0.326 e. The number of rotatable bonds is 3. The van der Waals surface area contributed by atoms with Gasteiger partial charge in [0, 0.05) is 25.4 Å². The minimum atomic E-state index is -0.892. The van der Waals surface area contributed by atoms with Gasteiger partial charge >= 0.3 is 5.97 Å². The molecule has 0 bridgehead atoms. The largest absolute Gasteiger partial charge is 0.480 e. The number of carbonyl (C=O) groups excluding carboxylic acids is 1. The van der Waals surface area contributed by atoms with Gasteiger partial charge in [0.1, 0.15) is 6.04 Å². The molecule has 1 aliphatic heterocycles. The first kappa shape index (κ1) is 14.8. The molecule has 22 heavy (non-hydrogen) atoms. The SMILES string of the molecule is Cn1nccc1/C=C\C(=O)N1C(C(=O)O)CC2CCCCC21. The molecule has 2 aliphatic rings. The van der Waals surface area contributed by atoms with Crippen molar-refractivity contribution >= 4 is 18.0 Å². The number of carboxylic acids is 1. The number of fused-ring (bicyclic) bond motifs is 1. The van der Waals surface area contributed by atoms with Crippen molar-refractivity contribution in [2.24, 2.45) is 13.0 Å². The molecule has 1 amide bonds. The van der Waals surface area contributed by atoms with E-state index >= 15 is 0 Å². The van der Waals surface area contributed by atoms with E-state index in [1.54, 1.807) is 28.9 Å². The van der Waals surface area contributed by atoms with Crippen molar-refractivity contribution in [1.82, 2.24) is 14.7 Å². The van der Waals surface area contributed by atoms with Gasteiger partial charge in [-0.15, -0.1) is 0 Å². The number of carboxylic acid groups (broad SMARTS) is 1. The highest BCUT2D eigenvalue weighted by molar-refractivity contribution is 5.95. The Bertz CT molecular complexity index is 608. The summed E-state index contributed by atoms with van der Waals surface area (Å²) in [6.45, 7) is 0. The van der Waals surface area contributed by atoms with Crippen LogP contribution in [0, 0.1) is 5.92 Å². The Morgan fingerprint density at radius 2 is 2.14 bits per heavy atom. The van der Waals surface area contributed by atoms with Gasteiger partial charge in [-0.2, -0.15) is 5.10 Å². The molecule has 1 aliphatic carbocycles. The molecule has 1 saturated carbocycles. The first-order valence-corrected chi connectivity index (χ1v) is 7.79. The van der Waals surface area contributed by atoms with Crippen LogP contribution in [0.5, 0.6) is 0 Å². The Morgan fingerprint density at radius 1 is 1.36 bits per heavy atom. The lowest BCUT2D eigenvalue weighted by atomic mass is 9.85. The first-order chi connectivity index (χ1) is 10.6. The number of nitrogens with zero attached hydrogens (tertiary/aromatic N) is 3. The Labute approximate surface area is 129 Å². The second-order valence-electron chi connectivity index (χ2n) is 6.16. The first-order valence-electron chi connectivity index (χ1n) is 7.79. The molecule has 1 N–H and O–H groups in total. The Kier molecular flexibility index (Phi) is 4.00. The van der Waals surface area contributed by atoms with E-state index in [9.17, 15) is 14.7 Å². The highest BCUT2D eigenvalue weighted by Crippen LogP contribution is 2.39. The standard InChI is InChI=1S/C16H21N3O3/c1-18-12(8-9-17-18)6-7-15(20)19-13-5-3-2-4-11(13)10-14(19)16(21)22/h6-9,11,13-14H,2-5,10H2,1H3,(H,21,22)/b7-6-. The fourth-order valence-corrected chi connectivity index (χ4v) is 3.79. The summed E-state index contributed by atoms with van der Waals surface area (Å²) in [5.74, 6) is -0.761. The van der Waals surface area contributed by atoms with E-state index in [0.717, 1.165) is 31.4 Å². The third-order valence-corrected chi connectivity index (χ3v) is 4.88. The Morgan fingerprint density at radius 3 is 2.82 bits per heavy atom. The lowest BCUT2D eigenvalue weighted by Gasteiger charge is -2.32. The van der Waals surface area contributed by atoms with Crippen molar-refractivity contribution in [1.29, 1.82) is 0 Å². The zero-order valence-corrected chi connectivity index (χ0v) is 12.7. The topological polar surface area (TPSA) is 75.4 Å². The lowest BCUT2D eigenvalue weighted by Crippen LogP contribution is -2.45. The molecule has 1 saturated heterocycles. The van der Waals surface area contributed by atoms with Crippen molar-refractivity contribution in [3.05, 3.63) is 24.0 Å². The summed E-state index contributed by atoms with van der Waals surface area (Å²) in [6, 6.07) is 1.21. The van der Waals surface area contributed by atoms with E-state index in [1.807, 2.05) is 6.07 Å². The monoisotopic (exact) mass is 303 g/mol. The fourth-order valence-electron chi connectivity index (χ4n) is 3.79. The summed E-state index contributed by atoms with van der Waals surface area (Å²) < 4.78 is 1.67. The lowest BCUT2D eigenvalue weighted by molar-refractivity contribution is -0.147. The number of carbonyl (C=O) groups is 2. The van der Waals surface area contributed by atoms with E-state index in [1.165, 1.54) is 6.08 Å². The van der Waals surface area contributed by atoms with E-state index in [4.69, 9.17) is 0 Å². The minimum absolute atomic E-state index is 0.0820. The van der Waals surface area contributed by atoms with Gasteiger partial charge in [0.2, 0.25) is 5.91 Å². The maximum absolute atomic E-state index is 12.6. The van der Waals surface area contributed by atoms with Crippen LogP contribution >= 0.6 is 0 Å². The van der Waals surface area contributed by atoms with Gasteiger partial charge < -0.3 is 10.0 Å². The number of aryl methyl sites for hydroxylation is 1. The quantitative estimate of drug-likeness (QED) is 0.862. The van der Waals surface area contributed by atoms with E-state index < -0.39 is 12.0 Å².